The van der Waals surface area contributed by atoms with Gasteiger partial charge < -0.3 is 22.1 Å². The van der Waals surface area contributed by atoms with Crippen LogP contribution in [0.5, 0.6) is 0 Å². The molecule has 0 bridgehead atoms. The standard InChI is InChI=1S/C21H29N7/c1-6-28-19-8-7-17(10-16(19)11-24-28)26-21-18(14(4)23)9-12(2)20(27-21)25-15(5)13(3)22/h7-11,13,15H,4,6,22-23H2,1-3,5H3,(H2,25,26,27)/t13-,15?/m0/s1. The number of nitrogens with zero attached hydrogens (tertiary/aromatic N) is 3. The van der Waals surface area contributed by atoms with Gasteiger partial charge in [0.05, 0.1) is 11.7 Å². The number of fused-ring (bicyclic) bond motifs is 1. The van der Waals surface area contributed by atoms with Crippen LogP contribution >= 0.6 is 0 Å². The van der Waals surface area contributed by atoms with E-state index in [1.165, 1.54) is 0 Å². The molecule has 0 fully saturated rings. The van der Waals surface area contributed by atoms with Gasteiger partial charge in [-0.05, 0) is 57.5 Å². The number of pyridine rings is 1. The SMILES string of the molecule is C=C(N)c1cc(C)c(NC(C)[C@H](C)N)nc1Nc1ccc2c(cnn2CC)c1. The zero-order chi connectivity index (χ0) is 20.4. The number of hydrogen-bond acceptors (Lipinski definition) is 6. The fourth-order valence-corrected chi connectivity index (χ4v) is 3.00. The summed E-state index contributed by atoms with van der Waals surface area (Å²) < 4.78 is 1.97. The molecule has 7 heteroatoms. The van der Waals surface area contributed by atoms with Crippen molar-refractivity contribution in [1.82, 2.24) is 14.8 Å². The first-order chi connectivity index (χ1) is 13.3. The molecule has 0 saturated heterocycles. The van der Waals surface area contributed by atoms with E-state index in [0.29, 0.717) is 11.5 Å². The van der Waals surface area contributed by atoms with Crippen LogP contribution in [0.4, 0.5) is 17.3 Å². The fourth-order valence-electron chi connectivity index (χ4n) is 3.00. The molecular weight excluding hydrogens is 350 g/mol. The molecule has 0 aliphatic heterocycles. The molecule has 1 unspecified atom stereocenters. The first-order valence-corrected chi connectivity index (χ1v) is 9.51. The van der Waals surface area contributed by atoms with Gasteiger partial charge in [0.15, 0.2) is 0 Å². The predicted molar refractivity (Wildman–Crippen MR) is 118 cm³/mol. The molecule has 0 aliphatic rings. The number of nitrogens with one attached hydrogen (secondary N) is 2. The van der Waals surface area contributed by atoms with Gasteiger partial charge in [-0.2, -0.15) is 5.10 Å². The maximum atomic E-state index is 6.02. The third-order valence-electron chi connectivity index (χ3n) is 4.92. The number of nitrogens with two attached hydrogens (primary N) is 2. The smallest absolute Gasteiger partial charge is 0.142 e. The number of aryl methyl sites for hydroxylation is 2. The minimum Gasteiger partial charge on any atom is -0.399 e. The maximum Gasteiger partial charge on any atom is 0.142 e. The Bertz CT molecular complexity index is 1000. The lowest BCUT2D eigenvalue weighted by atomic mass is 10.1. The number of aromatic nitrogens is 3. The Balaban J connectivity index is 1.98. The lowest BCUT2D eigenvalue weighted by Gasteiger charge is -2.21. The van der Waals surface area contributed by atoms with Crippen molar-refractivity contribution in [2.75, 3.05) is 10.6 Å². The molecule has 0 radical (unpaired) electrons. The molecule has 2 aromatic heterocycles. The fraction of sp³-hybridized carbons (Fsp3) is 0.333. The van der Waals surface area contributed by atoms with E-state index >= 15 is 0 Å². The Morgan fingerprint density at radius 3 is 2.64 bits per heavy atom. The summed E-state index contributed by atoms with van der Waals surface area (Å²) in [5, 5.41) is 12.2. The van der Waals surface area contributed by atoms with Crippen molar-refractivity contribution in [3.05, 3.63) is 48.2 Å². The average Bonchev–Trinajstić information content (AvgIpc) is 3.06. The van der Waals surface area contributed by atoms with Crippen LogP contribution in [-0.4, -0.2) is 26.8 Å². The van der Waals surface area contributed by atoms with Crippen LogP contribution in [0.25, 0.3) is 16.6 Å². The van der Waals surface area contributed by atoms with Crippen molar-refractivity contribution in [1.29, 1.82) is 0 Å². The highest BCUT2D eigenvalue weighted by atomic mass is 15.3. The van der Waals surface area contributed by atoms with Crippen LogP contribution in [-0.2, 0) is 6.54 Å². The monoisotopic (exact) mass is 379 g/mol. The van der Waals surface area contributed by atoms with Crippen molar-refractivity contribution in [3.8, 4) is 0 Å². The van der Waals surface area contributed by atoms with E-state index in [1.54, 1.807) is 0 Å². The number of benzene rings is 1. The van der Waals surface area contributed by atoms with Crippen molar-refractivity contribution >= 4 is 33.9 Å². The second-order valence-electron chi connectivity index (χ2n) is 7.23. The molecule has 2 heterocycles. The van der Waals surface area contributed by atoms with E-state index in [0.717, 1.165) is 40.1 Å². The highest BCUT2D eigenvalue weighted by Gasteiger charge is 2.15. The van der Waals surface area contributed by atoms with E-state index < -0.39 is 0 Å². The first-order valence-electron chi connectivity index (χ1n) is 9.51. The molecule has 28 heavy (non-hydrogen) atoms. The molecule has 6 N–H and O–H groups in total. The van der Waals surface area contributed by atoms with Gasteiger partial charge in [0.25, 0.3) is 0 Å². The highest BCUT2D eigenvalue weighted by Crippen LogP contribution is 2.29. The minimum absolute atomic E-state index is 0.000677. The Labute approximate surface area is 165 Å². The maximum absolute atomic E-state index is 6.02. The zero-order valence-electron chi connectivity index (χ0n) is 17.0. The molecule has 0 aliphatic carbocycles. The van der Waals surface area contributed by atoms with Crippen molar-refractivity contribution < 1.29 is 0 Å². The Kier molecular flexibility index (Phi) is 5.56. The van der Waals surface area contributed by atoms with E-state index in [-0.39, 0.29) is 12.1 Å². The molecule has 3 rings (SSSR count). The van der Waals surface area contributed by atoms with Crippen LogP contribution in [0.2, 0.25) is 0 Å². The van der Waals surface area contributed by atoms with E-state index in [2.05, 4.69) is 41.4 Å². The Morgan fingerprint density at radius 2 is 2.00 bits per heavy atom. The van der Waals surface area contributed by atoms with Crippen LogP contribution in [0.3, 0.4) is 0 Å². The minimum atomic E-state index is -0.000677. The molecule has 3 aromatic rings. The molecule has 0 amide bonds. The Hall–Kier alpha value is -3.06. The van der Waals surface area contributed by atoms with Gasteiger partial charge in [-0.25, -0.2) is 4.98 Å². The third-order valence-corrected chi connectivity index (χ3v) is 4.92. The molecule has 2 atom stereocenters. The van der Waals surface area contributed by atoms with Gasteiger partial charge in [-0.15, -0.1) is 0 Å². The first kappa shape index (κ1) is 19.7. The quantitative estimate of drug-likeness (QED) is 0.500. The largest absolute Gasteiger partial charge is 0.399 e. The zero-order valence-corrected chi connectivity index (χ0v) is 17.0. The summed E-state index contributed by atoms with van der Waals surface area (Å²) in [5.41, 5.74) is 16.2. The summed E-state index contributed by atoms with van der Waals surface area (Å²) in [6, 6.07) is 8.19. The summed E-state index contributed by atoms with van der Waals surface area (Å²) in [4.78, 5) is 4.77. The molecule has 7 nitrogen and oxygen atoms in total. The summed E-state index contributed by atoms with van der Waals surface area (Å²) >= 11 is 0. The second-order valence-corrected chi connectivity index (χ2v) is 7.23. The van der Waals surface area contributed by atoms with Gasteiger partial charge in [0, 0.05) is 41.0 Å². The summed E-state index contributed by atoms with van der Waals surface area (Å²) in [5.74, 6) is 1.43. The normalized spacial score (nSPS) is 13.3. The molecule has 148 valence electrons. The van der Waals surface area contributed by atoms with E-state index in [1.807, 2.05) is 43.8 Å². The lowest BCUT2D eigenvalue weighted by molar-refractivity contribution is 0.636. The number of hydrogen-bond donors (Lipinski definition) is 4. The van der Waals surface area contributed by atoms with Crippen LogP contribution in [0.15, 0.2) is 37.0 Å². The van der Waals surface area contributed by atoms with Gasteiger partial charge in [0.2, 0.25) is 0 Å². The number of rotatable bonds is 7. The molecular formula is C21H29N7. The molecule has 0 saturated carbocycles. The second kappa shape index (κ2) is 7.90. The van der Waals surface area contributed by atoms with Crippen molar-refractivity contribution in [2.24, 2.45) is 11.5 Å². The number of anilines is 3. The lowest BCUT2D eigenvalue weighted by Crippen LogP contribution is -2.35. The Morgan fingerprint density at radius 1 is 1.25 bits per heavy atom. The highest BCUT2D eigenvalue weighted by molar-refractivity contribution is 5.85. The van der Waals surface area contributed by atoms with Gasteiger partial charge >= 0.3 is 0 Å². The van der Waals surface area contributed by atoms with E-state index in [4.69, 9.17) is 16.5 Å². The predicted octanol–water partition coefficient (Wildman–Crippen LogP) is 3.58. The van der Waals surface area contributed by atoms with Gasteiger partial charge in [0.1, 0.15) is 11.6 Å². The van der Waals surface area contributed by atoms with Crippen molar-refractivity contribution in [2.45, 2.75) is 46.3 Å². The molecule has 0 spiro atoms. The molecule has 1 aromatic carbocycles. The third kappa shape index (κ3) is 3.94. The van der Waals surface area contributed by atoms with Gasteiger partial charge in [-0.3, -0.25) is 4.68 Å². The van der Waals surface area contributed by atoms with Crippen molar-refractivity contribution in [3.63, 3.8) is 0 Å². The summed E-state index contributed by atoms with van der Waals surface area (Å²) in [6.07, 6.45) is 1.87. The topological polar surface area (TPSA) is 107 Å². The average molecular weight is 380 g/mol. The summed E-state index contributed by atoms with van der Waals surface area (Å²) in [6.45, 7) is 12.8. The van der Waals surface area contributed by atoms with Crippen LogP contribution in [0, 0.1) is 6.92 Å². The summed E-state index contributed by atoms with van der Waals surface area (Å²) in [7, 11) is 0. The van der Waals surface area contributed by atoms with E-state index in [9.17, 15) is 0 Å². The van der Waals surface area contributed by atoms with Crippen LogP contribution in [0.1, 0.15) is 31.9 Å². The van der Waals surface area contributed by atoms with Crippen LogP contribution < -0.4 is 22.1 Å². The van der Waals surface area contributed by atoms with Gasteiger partial charge in [-0.1, -0.05) is 6.58 Å².